The fraction of sp³-hybridized carbons (Fsp3) is 0.565. The molecule has 2 aromatic rings. The Morgan fingerprint density at radius 2 is 2.06 bits per heavy atom. The topological polar surface area (TPSA) is 79.0 Å². The second kappa shape index (κ2) is 9.17. The Labute approximate surface area is 191 Å². The summed E-state index contributed by atoms with van der Waals surface area (Å²) in [7, 11) is 1.73. The summed E-state index contributed by atoms with van der Waals surface area (Å²) in [5, 5.41) is 11.1. The minimum atomic E-state index is -0.707. The molecular weight excluding hydrogens is 428 g/mol. The van der Waals surface area contributed by atoms with Crippen LogP contribution in [-0.4, -0.2) is 38.7 Å². The number of allylic oxidation sites excluding steroid dienone is 1. The van der Waals surface area contributed by atoms with Gasteiger partial charge >= 0.3 is 0 Å². The van der Waals surface area contributed by atoms with Crippen LogP contribution < -0.4 is 5.56 Å². The summed E-state index contributed by atoms with van der Waals surface area (Å²) in [6, 6.07) is 2.40. The number of thioether (sulfide) groups is 1. The standard InChI is InChI=1S/C23H28N4O2S2/c1-3-13-27-21(29)19-16-9-5-6-10-17(16)31-20(19)25-22(27)30-14-18(28)26(2)23(15-24)11-7-4-8-12-23/h3H,1,4-14H2,2H3. The number of rotatable bonds is 6. The monoisotopic (exact) mass is 456 g/mol. The van der Waals surface area contributed by atoms with Gasteiger partial charge in [0, 0.05) is 18.5 Å². The van der Waals surface area contributed by atoms with Crippen LogP contribution >= 0.6 is 23.1 Å². The number of amides is 1. The fourth-order valence-electron chi connectivity index (χ4n) is 4.74. The van der Waals surface area contributed by atoms with Crippen molar-refractivity contribution in [2.75, 3.05) is 12.8 Å². The molecule has 1 amide bonds. The van der Waals surface area contributed by atoms with Crippen molar-refractivity contribution in [2.24, 2.45) is 0 Å². The van der Waals surface area contributed by atoms with E-state index in [0.717, 1.165) is 68.0 Å². The highest BCUT2D eigenvalue weighted by Gasteiger charge is 2.38. The highest BCUT2D eigenvalue weighted by molar-refractivity contribution is 7.99. The Morgan fingerprint density at radius 1 is 1.32 bits per heavy atom. The minimum Gasteiger partial charge on any atom is -0.326 e. The van der Waals surface area contributed by atoms with Crippen molar-refractivity contribution in [1.29, 1.82) is 5.26 Å². The Morgan fingerprint density at radius 3 is 2.77 bits per heavy atom. The van der Waals surface area contributed by atoms with Gasteiger partial charge in [0.25, 0.3) is 5.56 Å². The van der Waals surface area contributed by atoms with Gasteiger partial charge in [-0.05, 0) is 44.1 Å². The number of nitrogens with zero attached hydrogens (tertiary/aromatic N) is 4. The minimum absolute atomic E-state index is 0.0339. The number of thiophene rings is 1. The van der Waals surface area contributed by atoms with Gasteiger partial charge in [-0.25, -0.2) is 4.98 Å². The van der Waals surface area contributed by atoms with Crippen molar-refractivity contribution in [1.82, 2.24) is 14.5 Å². The van der Waals surface area contributed by atoms with Crippen LogP contribution in [0.25, 0.3) is 10.2 Å². The number of carbonyl (C=O) groups is 1. The van der Waals surface area contributed by atoms with Gasteiger partial charge in [-0.15, -0.1) is 17.9 Å². The van der Waals surface area contributed by atoms with E-state index in [1.165, 1.54) is 22.2 Å². The maximum Gasteiger partial charge on any atom is 0.263 e. The summed E-state index contributed by atoms with van der Waals surface area (Å²) < 4.78 is 1.63. The molecule has 2 aromatic heterocycles. The first kappa shape index (κ1) is 22.1. The van der Waals surface area contributed by atoms with Crippen LogP contribution in [0, 0.1) is 11.3 Å². The molecule has 0 bridgehead atoms. The Hall–Kier alpha value is -2.11. The molecule has 4 rings (SSSR count). The predicted octanol–water partition coefficient (Wildman–Crippen LogP) is 4.30. The number of fused-ring (bicyclic) bond motifs is 3. The van der Waals surface area contributed by atoms with Gasteiger partial charge < -0.3 is 4.90 Å². The van der Waals surface area contributed by atoms with Crippen molar-refractivity contribution < 1.29 is 4.79 Å². The normalized spacial score (nSPS) is 17.7. The molecule has 2 heterocycles. The summed E-state index contributed by atoms with van der Waals surface area (Å²) in [6.07, 6.45) is 10.4. The predicted molar refractivity (Wildman–Crippen MR) is 126 cm³/mol. The first-order chi connectivity index (χ1) is 15.0. The van der Waals surface area contributed by atoms with Crippen LogP contribution in [0.1, 0.15) is 55.4 Å². The number of nitriles is 1. The second-order valence-electron chi connectivity index (χ2n) is 8.44. The maximum absolute atomic E-state index is 13.3. The molecule has 1 saturated carbocycles. The van der Waals surface area contributed by atoms with E-state index in [1.807, 2.05) is 0 Å². The summed E-state index contributed by atoms with van der Waals surface area (Å²) in [5.74, 6) is 0.0542. The zero-order valence-electron chi connectivity index (χ0n) is 18.0. The lowest BCUT2D eigenvalue weighted by Gasteiger charge is -2.39. The van der Waals surface area contributed by atoms with E-state index in [2.05, 4.69) is 12.6 Å². The Kier molecular flexibility index (Phi) is 6.54. The number of hydrogen-bond acceptors (Lipinski definition) is 6. The van der Waals surface area contributed by atoms with E-state index < -0.39 is 5.54 Å². The quantitative estimate of drug-likeness (QED) is 0.368. The molecule has 0 atom stereocenters. The van der Waals surface area contributed by atoms with Crippen LogP contribution in [-0.2, 0) is 24.2 Å². The number of aryl methyl sites for hydroxylation is 2. The third-order valence-corrected chi connectivity index (χ3v) is 8.73. The summed E-state index contributed by atoms with van der Waals surface area (Å²) in [6.45, 7) is 4.15. The SMILES string of the molecule is C=CCn1c(SCC(=O)N(C)C2(C#N)CCCCC2)nc2sc3c(c2c1=O)CCCC3. The molecule has 2 aliphatic carbocycles. The molecule has 0 aliphatic heterocycles. The van der Waals surface area contributed by atoms with Crippen LogP contribution in [0.5, 0.6) is 0 Å². The first-order valence-electron chi connectivity index (χ1n) is 11.0. The molecule has 0 radical (unpaired) electrons. The van der Waals surface area contributed by atoms with E-state index in [9.17, 15) is 14.9 Å². The van der Waals surface area contributed by atoms with Gasteiger partial charge in [0.15, 0.2) is 5.16 Å². The van der Waals surface area contributed by atoms with Gasteiger partial charge in [0.1, 0.15) is 10.4 Å². The van der Waals surface area contributed by atoms with Crippen LogP contribution in [0.3, 0.4) is 0 Å². The molecular formula is C23H28N4O2S2. The maximum atomic E-state index is 13.3. The average molecular weight is 457 g/mol. The lowest BCUT2D eigenvalue weighted by Crippen LogP contribution is -2.50. The van der Waals surface area contributed by atoms with Crippen molar-refractivity contribution in [3.05, 3.63) is 33.4 Å². The van der Waals surface area contributed by atoms with Crippen LogP contribution in [0.2, 0.25) is 0 Å². The average Bonchev–Trinajstić information content (AvgIpc) is 3.18. The fourth-order valence-corrected chi connectivity index (χ4v) is 6.97. The molecule has 31 heavy (non-hydrogen) atoms. The lowest BCUT2D eigenvalue weighted by molar-refractivity contribution is -0.131. The molecule has 164 valence electrons. The van der Waals surface area contributed by atoms with E-state index in [1.54, 1.807) is 33.9 Å². The molecule has 0 N–H and O–H groups in total. The number of aromatic nitrogens is 2. The molecule has 8 heteroatoms. The van der Waals surface area contributed by atoms with Crippen LogP contribution in [0.15, 0.2) is 22.6 Å². The van der Waals surface area contributed by atoms with E-state index >= 15 is 0 Å². The third-order valence-electron chi connectivity index (χ3n) is 6.58. The molecule has 0 aromatic carbocycles. The first-order valence-corrected chi connectivity index (χ1v) is 12.8. The zero-order chi connectivity index (χ0) is 22.0. The van der Waals surface area contributed by atoms with Gasteiger partial charge in [-0.3, -0.25) is 14.2 Å². The zero-order valence-corrected chi connectivity index (χ0v) is 19.6. The van der Waals surface area contributed by atoms with E-state index in [4.69, 9.17) is 4.98 Å². The second-order valence-corrected chi connectivity index (χ2v) is 10.5. The summed E-state index contributed by atoms with van der Waals surface area (Å²) >= 11 is 2.90. The Balaban J connectivity index is 1.61. The molecule has 2 aliphatic rings. The Bertz CT molecular complexity index is 1110. The van der Waals surface area contributed by atoms with E-state index in [-0.39, 0.29) is 17.2 Å². The number of hydrogen-bond donors (Lipinski definition) is 0. The van der Waals surface area contributed by atoms with Crippen molar-refractivity contribution in [3.63, 3.8) is 0 Å². The third kappa shape index (κ3) is 4.06. The molecule has 0 saturated heterocycles. The van der Waals surface area contributed by atoms with E-state index in [0.29, 0.717) is 11.7 Å². The van der Waals surface area contributed by atoms with Crippen molar-refractivity contribution >= 4 is 39.2 Å². The molecule has 1 fully saturated rings. The molecule has 6 nitrogen and oxygen atoms in total. The van der Waals surface area contributed by atoms with Crippen LogP contribution in [0.4, 0.5) is 0 Å². The van der Waals surface area contributed by atoms with Crippen molar-refractivity contribution in [2.45, 2.75) is 75.0 Å². The van der Waals surface area contributed by atoms with Gasteiger partial charge in [0.2, 0.25) is 5.91 Å². The highest BCUT2D eigenvalue weighted by Crippen LogP contribution is 2.35. The molecule has 0 spiro atoms. The largest absolute Gasteiger partial charge is 0.326 e. The van der Waals surface area contributed by atoms with Gasteiger partial charge in [-0.1, -0.05) is 37.1 Å². The lowest BCUT2D eigenvalue weighted by atomic mass is 9.81. The van der Waals surface area contributed by atoms with Crippen molar-refractivity contribution in [3.8, 4) is 6.07 Å². The smallest absolute Gasteiger partial charge is 0.263 e. The highest BCUT2D eigenvalue weighted by atomic mass is 32.2. The summed E-state index contributed by atoms with van der Waals surface area (Å²) in [4.78, 5) is 34.8. The number of carbonyl (C=O) groups excluding carboxylic acids is 1. The van der Waals surface area contributed by atoms with Gasteiger partial charge in [0.05, 0.1) is 17.2 Å². The summed E-state index contributed by atoms with van der Waals surface area (Å²) in [5.41, 5.74) is 0.427. The molecule has 0 unspecified atom stereocenters. The van der Waals surface area contributed by atoms with Gasteiger partial charge in [-0.2, -0.15) is 5.26 Å².